The van der Waals surface area contributed by atoms with Crippen LogP contribution in [0.3, 0.4) is 0 Å². The number of likely N-dealkylation sites (N-methyl/N-ethyl adjacent to an activating group) is 1. The predicted octanol–water partition coefficient (Wildman–Crippen LogP) is 4.80. The van der Waals surface area contributed by atoms with Gasteiger partial charge in [-0.15, -0.1) is 11.3 Å². The molecule has 3 aromatic rings. The fraction of sp³-hybridized carbons (Fsp3) is 0.273. The van der Waals surface area contributed by atoms with Crippen LogP contribution >= 0.6 is 34.5 Å². The fourth-order valence-electron chi connectivity index (χ4n) is 3.77. The minimum absolute atomic E-state index is 0.0668. The molecule has 8 nitrogen and oxygen atoms in total. The average Bonchev–Trinajstić information content (AvgIpc) is 3.48. The second-order valence-corrected chi connectivity index (χ2v) is 11.0. The van der Waals surface area contributed by atoms with Gasteiger partial charge in [0.2, 0.25) is 0 Å². The first-order valence-corrected chi connectivity index (χ1v) is 13.5. The third-order valence-electron chi connectivity index (χ3n) is 5.48. The van der Waals surface area contributed by atoms with Crippen LogP contribution in [0.5, 0.6) is 0 Å². The summed E-state index contributed by atoms with van der Waals surface area (Å²) in [5.41, 5.74) is 2.86. The highest BCUT2D eigenvalue weighted by molar-refractivity contribution is 7.92. The maximum atomic E-state index is 14.1. The first kappa shape index (κ1) is 27.2. The largest absolute Gasteiger partial charge is 0.483 e. The van der Waals surface area contributed by atoms with Gasteiger partial charge in [-0.05, 0) is 42.8 Å². The summed E-state index contributed by atoms with van der Waals surface area (Å²) in [5, 5.41) is 9.36. The van der Waals surface area contributed by atoms with E-state index in [4.69, 9.17) is 33.1 Å². The number of anilines is 2. The Labute approximate surface area is 217 Å². The fourth-order valence-corrected chi connectivity index (χ4v) is 5.93. The number of rotatable bonds is 7. The third kappa shape index (κ3) is 7.05. The van der Waals surface area contributed by atoms with Crippen LogP contribution < -0.4 is 9.62 Å². The summed E-state index contributed by atoms with van der Waals surface area (Å²) in [7, 11) is -1.85. The van der Waals surface area contributed by atoms with Gasteiger partial charge >= 0.3 is 0 Å². The smallest absolute Gasteiger partial charge is 0.290 e. The third-order valence-corrected chi connectivity index (χ3v) is 7.95. The van der Waals surface area contributed by atoms with Crippen LogP contribution in [0.1, 0.15) is 12.0 Å². The molecule has 1 fully saturated rings. The van der Waals surface area contributed by atoms with E-state index in [1.165, 1.54) is 29.5 Å². The van der Waals surface area contributed by atoms with E-state index in [1.54, 1.807) is 29.1 Å². The van der Waals surface area contributed by atoms with Crippen molar-refractivity contribution in [1.82, 2.24) is 9.88 Å². The molecule has 1 unspecified atom stereocenters. The molecular weight excluding hydrogens is 538 g/mol. The molecule has 1 aliphatic rings. The Bertz CT molecular complexity index is 1260. The quantitative estimate of drug-likeness (QED) is 0.400. The number of nitrogens with zero attached hydrogens (tertiary/aromatic N) is 3. The standard InChI is InChI=1S/C21H21Cl2FN4O2S2.CH2O2/c1-27(16-6-7-28(11-16)10-14-8-15(22)2-4-19(14)24)20-5-3-17(9-18(20)23)32(29,30)26-21-12-31-13-25-21;2-1-3/h2-5,8-9,12-13,16,26H,6-7,10-11H2,1H3;1H,(H,2,3). The first-order valence-electron chi connectivity index (χ1n) is 10.3. The number of hydrogen-bond donors (Lipinski definition) is 2. The molecule has 0 amide bonds. The van der Waals surface area contributed by atoms with Crippen molar-refractivity contribution in [3.8, 4) is 0 Å². The van der Waals surface area contributed by atoms with Crippen LogP contribution in [0.25, 0.3) is 0 Å². The summed E-state index contributed by atoms with van der Waals surface area (Å²) in [5.74, 6) is 0.00631. The topological polar surface area (TPSA) is 103 Å². The van der Waals surface area contributed by atoms with Crippen molar-refractivity contribution in [2.75, 3.05) is 29.8 Å². The Hall–Kier alpha value is -2.44. The Balaban J connectivity index is 0.00000108. The molecule has 13 heteroatoms. The number of thiazole rings is 1. The number of carboxylic acid groups (broad SMARTS) is 1. The van der Waals surface area contributed by atoms with Gasteiger partial charge in [0.1, 0.15) is 5.82 Å². The molecule has 1 aliphatic heterocycles. The first-order chi connectivity index (χ1) is 16.6. The van der Waals surface area contributed by atoms with E-state index in [2.05, 4.69) is 14.6 Å². The summed E-state index contributed by atoms with van der Waals surface area (Å²) in [6.45, 7) is 1.76. The lowest BCUT2D eigenvalue weighted by Crippen LogP contribution is -2.34. The zero-order valence-corrected chi connectivity index (χ0v) is 21.7. The van der Waals surface area contributed by atoms with E-state index >= 15 is 0 Å². The second kappa shape index (κ2) is 12.0. The summed E-state index contributed by atoms with van der Waals surface area (Å²) >= 11 is 13.8. The molecule has 2 N–H and O–H groups in total. The van der Waals surface area contributed by atoms with Gasteiger partial charge in [0.05, 0.1) is 21.1 Å². The van der Waals surface area contributed by atoms with Crippen molar-refractivity contribution in [2.24, 2.45) is 0 Å². The lowest BCUT2D eigenvalue weighted by Gasteiger charge is -2.28. The van der Waals surface area contributed by atoms with Crippen LogP contribution in [-0.4, -0.2) is 56.1 Å². The molecular formula is C22H23Cl2FN4O4S2. The average molecular weight is 561 g/mol. The number of carbonyl (C=O) groups is 1. The molecule has 1 saturated heterocycles. The molecule has 0 saturated carbocycles. The van der Waals surface area contributed by atoms with Gasteiger partial charge in [0.15, 0.2) is 5.82 Å². The molecule has 0 spiro atoms. The highest BCUT2D eigenvalue weighted by atomic mass is 35.5. The van der Waals surface area contributed by atoms with Crippen LogP contribution in [0.15, 0.2) is 52.2 Å². The maximum Gasteiger partial charge on any atom is 0.290 e. The van der Waals surface area contributed by atoms with E-state index in [1.807, 2.05) is 11.9 Å². The molecule has 0 aliphatic carbocycles. The lowest BCUT2D eigenvalue weighted by molar-refractivity contribution is -0.122. The Kier molecular flexibility index (Phi) is 9.31. The number of halogens is 3. The highest BCUT2D eigenvalue weighted by Gasteiger charge is 2.28. The van der Waals surface area contributed by atoms with E-state index in [-0.39, 0.29) is 29.0 Å². The van der Waals surface area contributed by atoms with Crippen LogP contribution in [0, 0.1) is 5.82 Å². The van der Waals surface area contributed by atoms with Gasteiger partial charge in [0.25, 0.3) is 16.5 Å². The molecule has 1 aromatic heterocycles. The zero-order valence-electron chi connectivity index (χ0n) is 18.6. The maximum absolute atomic E-state index is 14.1. The number of nitrogens with one attached hydrogen (secondary N) is 1. The number of aromatic nitrogens is 1. The summed E-state index contributed by atoms with van der Waals surface area (Å²) in [6.07, 6.45) is 0.875. The van der Waals surface area contributed by atoms with E-state index in [0.717, 1.165) is 25.2 Å². The van der Waals surface area contributed by atoms with Crippen molar-refractivity contribution in [1.29, 1.82) is 0 Å². The van der Waals surface area contributed by atoms with Gasteiger partial charge in [-0.1, -0.05) is 23.2 Å². The number of hydrogen-bond acceptors (Lipinski definition) is 7. The van der Waals surface area contributed by atoms with Crippen LogP contribution in [0.2, 0.25) is 10.0 Å². The minimum atomic E-state index is -3.78. The van der Waals surface area contributed by atoms with Gasteiger partial charge in [0, 0.05) is 48.7 Å². The normalized spacial score (nSPS) is 15.8. The van der Waals surface area contributed by atoms with E-state index in [9.17, 15) is 12.8 Å². The van der Waals surface area contributed by atoms with Gasteiger partial charge in [-0.25, -0.2) is 17.8 Å². The Morgan fingerprint density at radius 1 is 1.31 bits per heavy atom. The summed E-state index contributed by atoms with van der Waals surface area (Å²) in [4.78, 5) is 16.6. The highest BCUT2D eigenvalue weighted by Crippen LogP contribution is 2.32. The van der Waals surface area contributed by atoms with Gasteiger partial charge in [-0.3, -0.25) is 14.4 Å². The molecule has 35 heavy (non-hydrogen) atoms. The Morgan fingerprint density at radius 2 is 2.06 bits per heavy atom. The SMILES string of the molecule is CN(c1ccc(S(=O)(=O)Nc2cscn2)cc1Cl)C1CCN(Cc2cc(Cl)ccc2F)C1.O=CO. The van der Waals surface area contributed by atoms with Crippen molar-refractivity contribution in [3.05, 3.63) is 68.7 Å². The molecule has 2 heterocycles. The molecule has 1 atom stereocenters. The minimum Gasteiger partial charge on any atom is -0.483 e. The zero-order chi connectivity index (χ0) is 25.6. The predicted molar refractivity (Wildman–Crippen MR) is 137 cm³/mol. The van der Waals surface area contributed by atoms with Crippen molar-refractivity contribution < 1.29 is 22.7 Å². The molecule has 188 valence electrons. The van der Waals surface area contributed by atoms with Crippen molar-refractivity contribution >= 4 is 62.5 Å². The van der Waals surface area contributed by atoms with E-state index < -0.39 is 10.0 Å². The Morgan fingerprint density at radius 3 is 2.71 bits per heavy atom. The summed E-state index contributed by atoms with van der Waals surface area (Å²) < 4.78 is 41.7. The molecule has 2 aromatic carbocycles. The molecule has 4 rings (SSSR count). The van der Waals surface area contributed by atoms with Crippen molar-refractivity contribution in [2.45, 2.75) is 23.9 Å². The summed E-state index contributed by atoms with van der Waals surface area (Å²) in [6, 6.07) is 9.41. The van der Waals surface area contributed by atoms with Crippen LogP contribution in [-0.2, 0) is 21.4 Å². The lowest BCUT2D eigenvalue weighted by atomic mass is 10.2. The number of sulfonamides is 1. The van der Waals surface area contributed by atoms with Crippen molar-refractivity contribution in [3.63, 3.8) is 0 Å². The van der Waals surface area contributed by atoms with Crippen LogP contribution in [0.4, 0.5) is 15.9 Å². The molecule has 0 radical (unpaired) electrons. The number of likely N-dealkylation sites (tertiary alicyclic amines) is 1. The molecule has 0 bridgehead atoms. The van der Waals surface area contributed by atoms with Gasteiger partial charge in [-0.2, -0.15) is 0 Å². The number of benzene rings is 2. The monoisotopic (exact) mass is 560 g/mol. The van der Waals surface area contributed by atoms with Gasteiger partial charge < -0.3 is 10.0 Å². The second-order valence-electron chi connectivity index (χ2n) is 7.72. The van der Waals surface area contributed by atoms with E-state index in [0.29, 0.717) is 22.2 Å².